The molecule has 0 aliphatic rings. The monoisotopic (exact) mass is 530 g/mol. The number of ether oxygens (including phenoxy) is 1. The van der Waals surface area contributed by atoms with Gasteiger partial charge in [0.1, 0.15) is 11.8 Å². The Morgan fingerprint density at radius 2 is 1.82 bits per heavy atom. The summed E-state index contributed by atoms with van der Waals surface area (Å²) in [6.45, 7) is 13.3. The zero-order chi connectivity index (χ0) is 25.3. The molecule has 0 saturated carbocycles. The summed E-state index contributed by atoms with van der Waals surface area (Å²) in [7, 11) is 0. The predicted molar refractivity (Wildman–Crippen MR) is 142 cm³/mol. The van der Waals surface area contributed by atoms with Crippen LogP contribution in [0.15, 0.2) is 46.9 Å². The van der Waals surface area contributed by atoms with Crippen molar-refractivity contribution in [3.63, 3.8) is 0 Å². The molecule has 5 nitrogen and oxygen atoms in total. The molecule has 2 aromatic carbocycles. The van der Waals surface area contributed by atoms with Crippen LogP contribution in [0.4, 0.5) is 0 Å². The fourth-order valence-corrected chi connectivity index (χ4v) is 4.20. The molecule has 0 aliphatic heterocycles. The Kier molecular flexibility index (Phi) is 10.6. The summed E-state index contributed by atoms with van der Waals surface area (Å²) in [4.78, 5) is 28.0. The lowest BCUT2D eigenvalue weighted by atomic mass is 9.87. The first-order chi connectivity index (χ1) is 16.1. The minimum Gasteiger partial charge on any atom is -0.483 e. The second kappa shape index (κ2) is 12.9. The van der Waals surface area contributed by atoms with E-state index in [1.54, 1.807) is 4.90 Å². The molecule has 2 aromatic rings. The number of unbranched alkanes of at least 4 members (excludes halogenated alkanes) is 1. The third-order valence-electron chi connectivity index (χ3n) is 5.97. The Balaban J connectivity index is 2.22. The molecule has 0 saturated heterocycles. The second-order valence-electron chi connectivity index (χ2n) is 9.70. The highest BCUT2D eigenvalue weighted by molar-refractivity contribution is 9.10. The quantitative estimate of drug-likeness (QED) is 0.354. The van der Waals surface area contributed by atoms with Crippen LogP contribution in [0.3, 0.4) is 0 Å². The van der Waals surface area contributed by atoms with Crippen LogP contribution in [-0.4, -0.2) is 35.9 Å². The van der Waals surface area contributed by atoms with E-state index < -0.39 is 6.04 Å². The predicted octanol–water partition coefficient (Wildman–Crippen LogP) is 6.16. The number of amides is 2. The summed E-state index contributed by atoms with van der Waals surface area (Å²) in [5, 5.41) is 2.99. The second-order valence-corrected chi connectivity index (χ2v) is 10.6. The van der Waals surface area contributed by atoms with Gasteiger partial charge in [0.15, 0.2) is 6.61 Å². The van der Waals surface area contributed by atoms with E-state index in [1.807, 2.05) is 56.3 Å². The molecule has 0 aliphatic carbocycles. The van der Waals surface area contributed by atoms with Crippen LogP contribution in [0.5, 0.6) is 5.75 Å². The summed E-state index contributed by atoms with van der Waals surface area (Å²) in [5.74, 6) is 0.277. The molecule has 2 amide bonds. The Morgan fingerprint density at radius 3 is 2.41 bits per heavy atom. The van der Waals surface area contributed by atoms with E-state index in [2.05, 4.69) is 48.9 Å². The minimum atomic E-state index is -0.556. The maximum atomic E-state index is 13.4. The first-order valence-electron chi connectivity index (χ1n) is 12.1. The van der Waals surface area contributed by atoms with Crippen molar-refractivity contribution >= 4 is 27.7 Å². The average molecular weight is 532 g/mol. The lowest BCUT2D eigenvalue weighted by Crippen LogP contribution is -2.50. The summed E-state index contributed by atoms with van der Waals surface area (Å²) >= 11 is 3.58. The van der Waals surface area contributed by atoms with Crippen molar-refractivity contribution in [2.24, 2.45) is 0 Å². The number of halogens is 1. The Hall–Kier alpha value is -2.34. The van der Waals surface area contributed by atoms with Gasteiger partial charge in [-0.1, -0.05) is 71.4 Å². The van der Waals surface area contributed by atoms with Crippen LogP contribution in [-0.2, 0) is 21.5 Å². The number of hydrogen-bond acceptors (Lipinski definition) is 3. The maximum Gasteiger partial charge on any atom is 0.261 e. The van der Waals surface area contributed by atoms with E-state index >= 15 is 0 Å². The van der Waals surface area contributed by atoms with E-state index in [4.69, 9.17) is 4.74 Å². The number of carbonyl (C=O) groups excluding carboxylic acids is 2. The number of nitrogens with zero attached hydrogens (tertiary/aromatic N) is 1. The van der Waals surface area contributed by atoms with E-state index in [1.165, 1.54) is 5.56 Å². The van der Waals surface area contributed by atoms with Gasteiger partial charge in [0.05, 0.1) is 4.47 Å². The van der Waals surface area contributed by atoms with Crippen molar-refractivity contribution in [1.29, 1.82) is 0 Å². The van der Waals surface area contributed by atoms with Gasteiger partial charge in [-0.25, -0.2) is 0 Å². The minimum absolute atomic E-state index is 0.0146. The van der Waals surface area contributed by atoms with E-state index in [0.717, 1.165) is 28.4 Å². The SMILES string of the molecule is CCCCNC(=O)[C@H](CC)N(Cc1ccccc1C)C(=O)COc1ccc(C(C)(C)C)cc1Br. The maximum absolute atomic E-state index is 13.4. The molecule has 0 bridgehead atoms. The van der Waals surface area contributed by atoms with Crippen molar-refractivity contribution in [3.8, 4) is 5.75 Å². The lowest BCUT2D eigenvalue weighted by molar-refractivity contribution is -0.143. The van der Waals surface area contributed by atoms with Crippen molar-refractivity contribution in [1.82, 2.24) is 10.2 Å². The van der Waals surface area contributed by atoms with Crippen molar-refractivity contribution < 1.29 is 14.3 Å². The largest absolute Gasteiger partial charge is 0.483 e. The molecule has 6 heteroatoms. The van der Waals surface area contributed by atoms with Crippen molar-refractivity contribution in [2.45, 2.75) is 78.8 Å². The van der Waals surface area contributed by atoms with Gasteiger partial charge < -0.3 is 15.0 Å². The van der Waals surface area contributed by atoms with Gasteiger partial charge in [0, 0.05) is 13.1 Å². The number of rotatable bonds is 11. The zero-order valence-corrected chi connectivity index (χ0v) is 23.0. The molecule has 0 radical (unpaired) electrons. The Morgan fingerprint density at radius 1 is 1.12 bits per heavy atom. The third-order valence-corrected chi connectivity index (χ3v) is 6.59. The standard InChI is InChI=1S/C28H39BrN2O3/c1-7-9-16-30-27(33)24(8-2)31(18-21-13-11-10-12-20(21)3)26(32)19-34-25-15-14-22(17-23(25)29)28(4,5)6/h10-15,17,24H,7-9,16,18-19H2,1-6H3,(H,30,33)/t24-/m0/s1. The van der Waals surface area contributed by atoms with E-state index in [-0.39, 0.29) is 23.8 Å². The van der Waals surface area contributed by atoms with Gasteiger partial charge in [0.2, 0.25) is 5.91 Å². The Bertz CT molecular complexity index is 968. The van der Waals surface area contributed by atoms with Gasteiger partial charge in [-0.2, -0.15) is 0 Å². The van der Waals surface area contributed by atoms with E-state index in [9.17, 15) is 9.59 Å². The van der Waals surface area contributed by atoms with Crippen LogP contribution in [0, 0.1) is 6.92 Å². The highest BCUT2D eigenvalue weighted by Gasteiger charge is 2.29. The molecule has 0 fully saturated rings. The van der Waals surface area contributed by atoms with Crippen LogP contribution < -0.4 is 10.1 Å². The normalized spacial score (nSPS) is 12.2. The summed E-state index contributed by atoms with van der Waals surface area (Å²) < 4.78 is 6.73. The van der Waals surface area contributed by atoms with Crippen molar-refractivity contribution in [2.75, 3.05) is 13.2 Å². The van der Waals surface area contributed by atoms with Gasteiger partial charge in [-0.05, 0) is 69.9 Å². The molecule has 0 unspecified atom stereocenters. The summed E-state index contributed by atoms with van der Waals surface area (Å²) in [6, 6.07) is 13.3. The molecule has 1 atom stereocenters. The topological polar surface area (TPSA) is 58.6 Å². The fraction of sp³-hybridized carbons (Fsp3) is 0.500. The highest BCUT2D eigenvalue weighted by atomic mass is 79.9. The molecule has 2 rings (SSSR count). The molecule has 0 heterocycles. The van der Waals surface area contributed by atoms with Gasteiger partial charge in [0.25, 0.3) is 5.91 Å². The molecule has 0 aromatic heterocycles. The Labute approximate surface area is 213 Å². The smallest absolute Gasteiger partial charge is 0.261 e. The number of hydrogen-bond donors (Lipinski definition) is 1. The van der Waals surface area contributed by atoms with Crippen LogP contribution >= 0.6 is 15.9 Å². The molecular weight excluding hydrogens is 492 g/mol. The number of benzene rings is 2. The van der Waals surface area contributed by atoms with Crippen molar-refractivity contribution in [3.05, 3.63) is 63.6 Å². The van der Waals surface area contributed by atoms with Crippen LogP contribution in [0.2, 0.25) is 0 Å². The van der Waals surface area contributed by atoms with Crippen LogP contribution in [0.1, 0.15) is 70.6 Å². The van der Waals surface area contributed by atoms with E-state index in [0.29, 0.717) is 25.3 Å². The number of carbonyl (C=O) groups is 2. The average Bonchev–Trinajstić information content (AvgIpc) is 2.78. The highest BCUT2D eigenvalue weighted by Crippen LogP contribution is 2.31. The molecule has 186 valence electrons. The molecule has 1 N–H and O–H groups in total. The van der Waals surface area contributed by atoms with Gasteiger partial charge in [-0.15, -0.1) is 0 Å². The molecule has 34 heavy (non-hydrogen) atoms. The number of nitrogens with one attached hydrogen (secondary N) is 1. The fourth-order valence-electron chi connectivity index (χ4n) is 3.70. The first-order valence-corrected chi connectivity index (χ1v) is 12.9. The van der Waals surface area contributed by atoms with Crippen LogP contribution in [0.25, 0.3) is 0 Å². The number of aryl methyl sites for hydroxylation is 1. The molecule has 0 spiro atoms. The van der Waals surface area contributed by atoms with Gasteiger partial charge in [-0.3, -0.25) is 9.59 Å². The summed E-state index contributed by atoms with van der Waals surface area (Å²) in [5.41, 5.74) is 3.30. The third kappa shape index (κ3) is 7.86. The van der Waals surface area contributed by atoms with Gasteiger partial charge >= 0.3 is 0 Å². The molecular formula is C28H39BrN2O3. The lowest BCUT2D eigenvalue weighted by Gasteiger charge is -2.31. The first kappa shape index (κ1) is 27.9. The zero-order valence-electron chi connectivity index (χ0n) is 21.4. The summed E-state index contributed by atoms with van der Waals surface area (Å²) in [6.07, 6.45) is 2.44.